The fourth-order valence-electron chi connectivity index (χ4n) is 9.75. The first-order chi connectivity index (χ1) is 31.4. The van der Waals surface area contributed by atoms with Gasteiger partial charge in [0.05, 0.1) is 28.5 Å². The van der Waals surface area contributed by atoms with E-state index in [1.807, 2.05) is 59.4 Å². The SMILES string of the molecule is Brc1cnc2nc(N3CCC(N4CCCCC4)CC3)oc2c1.OB(O)c1cccc2ccnn12.c1cc(-c2cnc3nc(N4CCC(N5CCCCC5)CC4)oc3c2)n2nccc2c1. The molecular formula is C46H54BBrN12O4. The molecule has 4 saturated heterocycles. The number of nitrogens with zero attached hydrogens (tertiary/aromatic N) is 12. The number of fused-ring (bicyclic) bond motifs is 4. The fraction of sp³-hybridized carbons (Fsp3) is 0.435. The molecule has 4 aliphatic rings. The lowest BCUT2D eigenvalue weighted by Gasteiger charge is -2.39. The highest BCUT2D eigenvalue weighted by Gasteiger charge is 2.29. The van der Waals surface area contributed by atoms with Crippen molar-refractivity contribution in [3.63, 3.8) is 0 Å². The first kappa shape index (κ1) is 42.5. The molecule has 0 aromatic carbocycles. The van der Waals surface area contributed by atoms with Crippen molar-refractivity contribution in [2.45, 2.75) is 76.3 Å². The molecule has 12 heterocycles. The van der Waals surface area contributed by atoms with Crippen LogP contribution in [0.15, 0.2) is 98.8 Å². The Labute approximate surface area is 380 Å². The minimum absolute atomic E-state index is 0.373. The number of piperidine rings is 4. The first-order valence-corrected chi connectivity index (χ1v) is 23.6. The number of anilines is 2. The Bertz CT molecular complexity index is 2780. The molecule has 0 radical (unpaired) electrons. The summed E-state index contributed by atoms with van der Waals surface area (Å²) >= 11 is 3.42. The van der Waals surface area contributed by atoms with Gasteiger partial charge in [-0.3, -0.25) is 0 Å². The predicted octanol–water partition coefficient (Wildman–Crippen LogP) is 6.45. The lowest BCUT2D eigenvalue weighted by atomic mass is 9.85. The number of likely N-dealkylation sites (tertiary alicyclic amines) is 2. The monoisotopic (exact) mass is 928 g/mol. The van der Waals surface area contributed by atoms with Crippen molar-refractivity contribution >= 4 is 74.2 Å². The normalized spacial score (nSPS) is 18.4. The van der Waals surface area contributed by atoms with Crippen molar-refractivity contribution in [1.82, 2.24) is 49.0 Å². The molecule has 8 aromatic rings. The average molecular weight is 930 g/mol. The average Bonchev–Trinajstić information content (AvgIpc) is 4.19. The maximum absolute atomic E-state index is 8.93. The van der Waals surface area contributed by atoms with Crippen molar-refractivity contribution < 1.29 is 18.9 Å². The topological polar surface area (TPSA) is 166 Å². The van der Waals surface area contributed by atoms with Crippen LogP contribution in [0.1, 0.15) is 64.2 Å². The number of hydrogen-bond acceptors (Lipinski definition) is 14. The number of oxazole rings is 2. The number of aromatic nitrogens is 8. The largest absolute Gasteiger partial charge is 0.508 e. The first-order valence-electron chi connectivity index (χ1n) is 22.8. The van der Waals surface area contributed by atoms with Crippen molar-refractivity contribution in [3.05, 3.63) is 89.9 Å². The van der Waals surface area contributed by atoms with Crippen LogP contribution in [0.25, 0.3) is 44.8 Å². The summed E-state index contributed by atoms with van der Waals surface area (Å²) < 4.78 is 16.4. The van der Waals surface area contributed by atoms with Crippen LogP contribution in [-0.2, 0) is 0 Å². The van der Waals surface area contributed by atoms with Gasteiger partial charge < -0.3 is 38.5 Å². The maximum atomic E-state index is 8.93. The molecule has 0 unspecified atom stereocenters. The van der Waals surface area contributed by atoms with Crippen LogP contribution in [0.3, 0.4) is 0 Å². The third-order valence-corrected chi connectivity index (χ3v) is 13.6. The van der Waals surface area contributed by atoms with Gasteiger partial charge in [0, 0.05) is 73.0 Å². The van der Waals surface area contributed by atoms with E-state index in [4.69, 9.17) is 18.9 Å². The molecule has 18 heteroatoms. The molecule has 0 amide bonds. The van der Waals surface area contributed by atoms with Crippen LogP contribution in [0.4, 0.5) is 12.0 Å². The zero-order valence-electron chi connectivity index (χ0n) is 36.0. The van der Waals surface area contributed by atoms with E-state index < -0.39 is 7.12 Å². The Morgan fingerprint density at radius 2 is 1.09 bits per heavy atom. The zero-order valence-corrected chi connectivity index (χ0v) is 37.6. The van der Waals surface area contributed by atoms with E-state index in [2.05, 4.69) is 65.7 Å². The van der Waals surface area contributed by atoms with E-state index in [1.54, 1.807) is 30.6 Å². The van der Waals surface area contributed by atoms with Gasteiger partial charge in [-0.05, 0) is 136 Å². The minimum Gasteiger partial charge on any atom is -0.422 e. The Morgan fingerprint density at radius 3 is 1.67 bits per heavy atom. The second-order valence-electron chi connectivity index (χ2n) is 17.2. The van der Waals surface area contributed by atoms with Crippen molar-refractivity contribution in [2.75, 3.05) is 62.2 Å². The molecule has 0 spiro atoms. The zero-order chi connectivity index (χ0) is 43.4. The van der Waals surface area contributed by atoms with Gasteiger partial charge >= 0.3 is 7.12 Å². The molecule has 0 bridgehead atoms. The fourth-order valence-corrected chi connectivity index (χ4v) is 10.1. The van der Waals surface area contributed by atoms with Gasteiger partial charge in [0.2, 0.25) is 11.3 Å². The van der Waals surface area contributed by atoms with E-state index >= 15 is 0 Å². The van der Waals surface area contributed by atoms with Gasteiger partial charge in [-0.15, -0.1) is 0 Å². The minimum atomic E-state index is -1.48. The molecule has 4 aliphatic heterocycles. The van der Waals surface area contributed by atoms with Gasteiger partial charge in [0.15, 0.2) is 11.2 Å². The van der Waals surface area contributed by atoms with Gasteiger partial charge in [-0.2, -0.15) is 20.2 Å². The molecule has 64 heavy (non-hydrogen) atoms. The Balaban J connectivity index is 0.000000124. The van der Waals surface area contributed by atoms with Crippen LogP contribution < -0.4 is 15.4 Å². The smallest absolute Gasteiger partial charge is 0.422 e. The van der Waals surface area contributed by atoms with Crippen molar-refractivity contribution in [3.8, 4) is 11.3 Å². The van der Waals surface area contributed by atoms with E-state index in [1.165, 1.54) is 94.9 Å². The number of pyridine rings is 4. The summed E-state index contributed by atoms with van der Waals surface area (Å²) in [5, 5.41) is 26.2. The van der Waals surface area contributed by atoms with Gasteiger partial charge in [-0.25, -0.2) is 19.0 Å². The molecule has 0 aliphatic carbocycles. The molecule has 4 fully saturated rings. The molecule has 8 aromatic heterocycles. The van der Waals surface area contributed by atoms with E-state index in [0.717, 1.165) is 76.2 Å². The number of rotatable bonds is 6. The second-order valence-corrected chi connectivity index (χ2v) is 18.1. The molecule has 12 rings (SSSR count). The van der Waals surface area contributed by atoms with Gasteiger partial charge in [0.25, 0.3) is 12.0 Å². The number of halogens is 1. The van der Waals surface area contributed by atoms with Crippen LogP contribution in [0, 0.1) is 0 Å². The van der Waals surface area contributed by atoms with Crippen LogP contribution >= 0.6 is 15.9 Å². The highest BCUT2D eigenvalue weighted by molar-refractivity contribution is 9.10. The Morgan fingerprint density at radius 1 is 0.578 bits per heavy atom. The lowest BCUT2D eigenvalue weighted by molar-refractivity contribution is 0.140. The summed E-state index contributed by atoms with van der Waals surface area (Å²) in [6, 6.07) is 22.0. The van der Waals surface area contributed by atoms with Crippen LogP contribution in [-0.4, -0.2) is 131 Å². The van der Waals surface area contributed by atoms with E-state index in [0.29, 0.717) is 28.9 Å². The van der Waals surface area contributed by atoms with Gasteiger partial charge in [-0.1, -0.05) is 25.0 Å². The molecular weight excluding hydrogens is 875 g/mol. The Kier molecular flexibility index (Phi) is 12.9. The van der Waals surface area contributed by atoms with Gasteiger partial charge in [0.1, 0.15) is 0 Å². The second kappa shape index (κ2) is 19.4. The molecule has 332 valence electrons. The highest BCUT2D eigenvalue weighted by Crippen LogP contribution is 2.30. The van der Waals surface area contributed by atoms with Crippen molar-refractivity contribution in [2.24, 2.45) is 0 Å². The van der Waals surface area contributed by atoms with Crippen molar-refractivity contribution in [1.29, 1.82) is 0 Å². The lowest BCUT2D eigenvalue weighted by Crippen LogP contribution is -2.46. The van der Waals surface area contributed by atoms with Crippen LogP contribution in [0.2, 0.25) is 0 Å². The molecule has 2 N–H and O–H groups in total. The molecule has 0 atom stereocenters. The van der Waals surface area contributed by atoms with E-state index in [-0.39, 0.29) is 0 Å². The third kappa shape index (κ3) is 9.38. The summed E-state index contributed by atoms with van der Waals surface area (Å²) in [6.45, 7) is 9.13. The summed E-state index contributed by atoms with van der Waals surface area (Å²) in [5.74, 6) is 0. The highest BCUT2D eigenvalue weighted by atomic mass is 79.9. The Hall–Kier alpha value is -5.40. The molecule has 0 saturated carbocycles. The standard InChI is InChI=1S/C23H26N6O.C16H21BrN4O.C7H7BN2O2/c1-2-11-27(12-3-1)18-8-13-28(14-9-18)23-26-22-21(30-23)15-17(16-24-22)20-6-4-5-19-7-10-25-29(19)20;17-12-10-14-15(18-11-12)19-16(22-14)21-8-4-13(5-9-21)20-6-2-1-3-7-20;11-8(12)7-3-1-2-6-4-5-9-10(6)7/h4-7,10,15-16,18H,1-3,8-9,11-14H2;10-11,13H,1-9H2;1-5,11-12H. The summed E-state index contributed by atoms with van der Waals surface area (Å²) in [4.78, 5) is 28.0. The van der Waals surface area contributed by atoms with E-state index in [9.17, 15) is 0 Å². The summed E-state index contributed by atoms with van der Waals surface area (Å²) in [7, 11) is -1.48. The predicted molar refractivity (Wildman–Crippen MR) is 252 cm³/mol. The third-order valence-electron chi connectivity index (χ3n) is 13.2. The van der Waals surface area contributed by atoms with Crippen LogP contribution in [0.5, 0.6) is 0 Å². The maximum Gasteiger partial charge on any atom is 0.508 e. The quantitative estimate of drug-likeness (QED) is 0.175. The summed E-state index contributed by atoms with van der Waals surface area (Å²) in [6.07, 6.45) is 20.0. The molecule has 16 nitrogen and oxygen atoms in total. The number of hydrogen-bond donors (Lipinski definition) is 2. The summed E-state index contributed by atoms with van der Waals surface area (Å²) in [5.41, 5.74) is 7.08.